The van der Waals surface area contributed by atoms with Crippen LogP contribution in [0.4, 0.5) is 5.82 Å². The molecule has 0 aliphatic rings. The van der Waals surface area contributed by atoms with Gasteiger partial charge in [0.1, 0.15) is 5.82 Å². The molecule has 0 aliphatic heterocycles. The second-order valence-corrected chi connectivity index (χ2v) is 6.66. The number of hydrogen-bond donors (Lipinski definition) is 1. The van der Waals surface area contributed by atoms with Gasteiger partial charge in [-0.2, -0.15) is 5.10 Å². The first-order valence-corrected chi connectivity index (χ1v) is 8.42. The molecular weight excluding hydrogens is 316 g/mol. The predicted octanol–water partition coefficient (Wildman–Crippen LogP) is 3.41. The van der Waals surface area contributed by atoms with Crippen LogP contribution in [0.5, 0.6) is 0 Å². The van der Waals surface area contributed by atoms with Crippen molar-refractivity contribution in [1.82, 2.24) is 14.8 Å². The van der Waals surface area contributed by atoms with Crippen molar-refractivity contribution in [2.75, 3.05) is 5.32 Å². The van der Waals surface area contributed by atoms with E-state index in [1.54, 1.807) is 45.7 Å². The number of carbonyl (C=O) groups is 1. The van der Waals surface area contributed by atoms with Crippen molar-refractivity contribution in [1.29, 1.82) is 0 Å². The number of nitrogens with zero attached hydrogens (tertiary/aromatic N) is 3. The molecule has 0 bridgehead atoms. The van der Waals surface area contributed by atoms with Crippen molar-refractivity contribution in [3.8, 4) is 0 Å². The fourth-order valence-electron chi connectivity index (χ4n) is 1.90. The fraction of sp³-hybridized carbons (Fsp3) is 0.133. The van der Waals surface area contributed by atoms with Crippen LogP contribution in [0, 0.1) is 6.92 Å². The van der Waals surface area contributed by atoms with E-state index in [1.807, 2.05) is 29.8 Å². The minimum absolute atomic E-state index is 0.196. The molecule has 0 aromatic carbocycles. The monoisotopic (exact) mass is 330 g/mol. The van der Waals surface area contributed by atoms with Crippen LogP contribution in [-0.4, -0.2) is 20.7 Å². The molecule has 22 heavy (non-hydrogen) atoms. The average molecular weight is 330 g/mol. The van der Waals surface area contributed by atoms with E-state index in [0.29, 0.717) is 12.4 Å². The third-order valence-electron chi connectivity index (χ3n) is 2.90. The van der Waals surface area contributed by atoms with Crippen molar-refractivity contribution < 1.29 is 4.79 Å². The van der Waals surface area contributed by atoms with Gasteiger partial charge in [-0.3, -0.25) is 4.79 Å². The van der Waals surface area contributed by atoms with Gasteiger partial charge in [0.15, 0.2) is 0 Å². The summed E-state index contributed by atoms with van der Waals surface area (Å²) in [6.07, 6.45) is 4.87. The number of nitrogens with one attached hydrogen (secondary N) is 1. The predicted molar refractivity (Wildman–Crippen MR) is 90.2 cm³/mol. The molecule has 0 saturated carbocycles. The van der Waals surface area contributed by atoms with Crippen LogP contribution < -0.4 is 5.32 Å². The Kier molecular flexibility index (Phi) is 4.45. The van der Waals surface area contributed by atoms with Gasteiger partial charge in [-0.25, -0.2) is 9.67 Å². The van der Waals surface area contributed by atoms with E-state index >= 15 is 0 Å². The molecule has 0 atom stereocenters. The van der Waals surface area contributed by atoms with Crippen LogP contribution in [0.15, 0.2) is 41.2 Å². The molecule has 0 fully saturated rings. The summed E-state index contributed by atoms with van der Waals surface area (Å²) >= 11 is 3.22. The maximum atomic E-state index is 12.0. The molecule has 5 nitrogen and oxygen atoms in total. The molecule has 3 aromatic heterocycles. The molecule has 0 aliphatic carbocycles. The summed E-state index contributed by atoms with van der Waals surface area (Å²) in [6, 6.07) is 5.83. The first-order valence-electron chi connectivity index (χ1n) is 6.66. The van der Waals surface area contributed by atoms with Gasteiger partial charge in [-0.05, 0) is 24.4 Å². The summed E-state index contributed by atoms with van der Waals surface area (Å²) in [7, 11) is 0. The third kappa shape index (κ3) is 3.69. The van der Waals surface area contributed by atoms with Crippen molar-refractivity contribution >= 4 is 40.5 Å². The van der Waals surface area contributed by atoms with E-state index in [1.165, 1.54) is 11.0 Å². The van der Waals surface area contributed by atoms with Gasteiger partial charge in [-0.1, -0.05) is 6.07 Å². The number of carbonyl (C=O) groups excluding carboxylic acids is 1. The zero-order chi connectivity index (χ0) is 15.4. The Morgan fingerprint density at radius 1 is 1.41 bits per heavy atom. The number of rotatable bonds is 5. The van der Waals surface area contributed by atoms with Crippen LogP contribution in [0.3, 0.4) is 0 Å². The molecule has 0 saturated heterocycles. The highest BCUT2D eigenvalue weighted by atomic mass is 32.1. The van der Waals surface area contributed by atoms with Gasteiger partial charge in [0.25, 0.3) is 0 Å². The Bertz CT molecular complexity index is 786. The number of aromatic nitrogens is 3. The second kappa shape index (κ2) is 6.67. The van der Waals surface area contributed by atoms with Crippen molar-refractivity contribution in [3.63, 3.8) is 0 Å². The highest BCUT2D eigenvalue weighted by molar-refractivity contribution is 7.10. The third-order valence-corrected chi connectivity index (χ3v) is 4.55. The minimum atomic E-state index is -0.196. The lowest BCUT2D eigenvalue weighted by Gasteiger charge is -2.06. The summed E-state index contributed by atoms with van der Waals surface area (Å²) in [5.74, 6) is 0.482. The normalized spacial score (nSPS) is 11.1. The molecule has 0 radical (unpaired) electrons. The Balaban J connectivity index is 1.64. The van der Waals surface area contributed by atoms with E-state index < -0.39 is 0 Å². The summed E-state index contributed by atoms with van der Waals surface area (Å²) < 4.78 is 1.77. The fourth-order valence-corrected chi connectivity index (χ4v) is 3.17. The van der Waals surface area contributed by atoms with Crippen LogP contribution in [0.25, 0.3) is 6.08 Å². The molecule has 1 amide bonds. The molecule has 0 spiro atoms. The van der Waals surface area contributed by atoms with Crippen molar-refractivity contribution in [3.05, 3.63) is 56.8 Å². The van der Waals surface area contributed by atoms with Crippen molar-refractivity contribution in [2.45, 2.75) is 13.5 Å². The maximum absolute atomic E-state index is 12.0. The Morgan fingerprint density at radius 3 is 3.05 bits per heavy atom. The van der Waals surface area contributed by atoms with Crippen LogP contribution >= 0.6 is 22.7 Å². The number of amides is 1. The molecule has 1 N–H and O–H groups in total. The summed E-state index contributed by atoms with van der Waals surface area (Å²) in [5, 5.41) is 12.0. The zero-order valence-corrected chi connectivity index (χ0v) is 13.5. The first kappa shape index (κ1) is 14.7. The Hall–Kier alpha value is -2.25. The number of hydrogen-bond acceptors (Lipinski definition) is 5. The molecule has 3 heterocycles. The SMILES string of the molecule is Cc1nc(/C=C\C(=O)Nc2ccnn2Cc2cccs2)cs1. The van der Waals surface area contributed by atoms with Crippen LogP contribution in [0.1, 0.15) is 15.6 Å². The van der Waals surface area contributed by atoms with E-state index in [9.17, 15) is 4.79 Å². The maximum Gasteiger partial charge on any atom is 0.249 e. The summed E-state index contributed by atoms with van der Waals surface area (Å²) in [4.78, 5) is 17.5. The Labute approximate surface area is 135 Å². The summed E-state index contributed by atoms with van der Waals surface area (Å²) in [5.41, 5.74) is 0.796. The topological polar surface area (TPSA) is 59.8 Å². The van der Waals surface area contributed by atoms with E-state index in [4.69, 9.17) is 0 Å². The standard InChI is InChI=1S/C15H14N4OS2/c1-11-17-12(10-22-11)4-5-15(20)18-14-6-7-16-19(14)9-13-3-2-8-21-13/h2-8,10H,9H2,1H3,(H,18,20)/b5-4-. The Morgan fingerprint density at radius 2 is 2.32 bits per heavy atom. The number of anilines is 1. The van der Waals surface area contributed by atoms with Gasteiger partial charge in [0, 0.05) is 22.4 Å². The van der Waals surface area contributed by atoms with Gasteiger partial charge in [0.05, 0.1) is 23.4 Å². The molecule has 7 heteroatoms. The number of thiophene rings is 1. The van der Waals surface area contributed by atoms with Crippen molar-refractivity contribution in [2.24, 2.45) is 0 Å². The van der Waals surface area contributed by atoms with E-state index in [2.05, 4.69) is 15.4 Å². The van der Waals surface area contributed by atoms with Gasteiger partial charge in [-0.15, -0.1) is 22.7 Å². The zero-order valence-electron chi connectivity index (χ0n) is 11.9. The average Bonchev–Trinajstić information content (AvgIpc) is 3.22. The lowest BCUT2D eigenvalue weighted by atomic mass is 10.4. The molecule has 112 valence electrons. The van der Waals surface area contributed by atoms with Gasteiger partial charge < -0.3 is 5.32 Å². The van der Waals surface area contributed by atoms with Crippen LogP contribution in [0.2, 0.25) is 0 Å². The van der Waals surface area contributed by atoms with E-state index in [-0.39, 0.29) is 5.91 Å². The number of aryl methyl sites for hydroxylation is 1. The quantitative estimate of drug-likeness (QED) is 0.729. The first-order chi connectivity index (χ1) is 10.7. The second-order valence-electron chi connectivity index (χ2n) is 4.57. The lowest BCUT2D eigenvalue weighted by molar-refractivity contribution is -0.111. The smallest absolute Gasteiger partial charge is 0.249 e. The summed E-state index contributed by atoms with van der Waals surface area (Å²) in [6.45, 7) is 2.58. The molecule has 3 rings (SSSR count). The van der Waals surface area contributed by atoms with Gasteiger partial charge >= 0.3 is 0 Å². The highest BCUT2D eigenvalue weighted by Crippen LogP contribution is 2.14. The highest BCUT2D eigenvalue weighted by Gasteiger charge is 2.06. The van der Waals surface area contributed by atoms with Gasteiger partial charge in [0.2, 0.25) is 5.91 Å². The molecule has 0 unspecified atom stereocenters. The molecule has 3 aromatic rings. The lowest BCUT2D eigenvalue weighted by Crippen LogP contribution is -2.13. The van der Waals surface area contributed by atoms with Crippen LogP contribution in [-0.2, 0) is 11.3 Å². The largest absolute Gasteiger partial charge is 0.307 e. The van der Waals surface area contributed by atoms with E-state index in [0.717, 1.165) is 10.7 Å². The molecular formula is C15H14N4OS2. The minimum Gasteiger partial charge on any atom is -0.307 e. The number of thiazole rings is 1.